The van der Waals surface area contributed by atoms with Gasteiger partial charge in [-0.3, -0.25) is 0 Å². The Morgan fingerprint density at radius 2 is 1.71 bits per heavy atom. The van der Waals surface area contributed by atoms with Crippen molar-refractivity contribution in [3.05, 3.63) is 77.6 Å². The predicted molar refractivity (Wildman–Crippen MR) is 92.3 cm³/mol. The van der Waals surface area contributed by atoms with Gasteiger partial charge in [0.05, 0.1) is 0 Å². The molecule has 0 spiro atoms. The molecule has 0 fully saturated rings. The van der Waals surface area contributed by atoms with Gasteiger partial charge in [-0.2, -0.15) is 0 Å². The molecule has 2 N–H and O–H groups in total. The van der Waals surface area contributed by atoms with Gasteiger partial charge in [0.15, 0.2) is 11.5 Å². The van der Waals surface area contributed by atoms with Crippen LogP contribution in [0, 0.1) is 0 Å². The van der Waals surface area contributed by atoms with Crippen molar-refractivity contribution in [3.8, 4) is 11.5 Å². The van der Waals surface area contributed by atoms with E-state index in [-0.39, 0.29) is 17.6 Å². The monoisotopic (exact) mass is 324 g/mol. The summed E-state index contributed by atoms with van der Waals surface area (Å²) in [5.41, 5.74) is 1.82. The van der Waals surface area contributed by atoms with Gasteiger partial charge in [-0.15, -0.1) is 0 Å². The van der Waals surface area contributed by atoms with Crippen molar-refractivity contribution in [3.63, 3.8) is 0 Å². The first-order chi connectivity index (χ1) is 11.4. The highest BCUT2D eigenvalue weighted by molar-refractivity contribution is 5.57. The Morgan fingerprint density at radius 3 is 2.42 bits per heavy atom. The lowest BCUT2D eigenvalue weighted by atomic mass is 10.1. The zero-order valence-corrected chi connectivity index (χ0v) is 13.6. The van der Waals surface area contributed by atoms with Crippen LogP contribution in [0.5, 0.6) is 11.5 Å². The fourth-order valence-corrected chi connectivity index (χ4v) is 2.55. The van der Waals surface area contributed by atoms with Crippen LogP contribution in [0.15, 0.2) is 66.4 Å². The van der Waals surface area contributed by atoms with Crippen LogP contribution in [-0.2, 0) is 9.47 Å². The number of rotatable bonds is 3. The Kier molecular flexibility index (Phi) is 4.32. The third-order valence-corrected chi connectivity index (χ3v) is 3.66. The summed E-state index contributed by atoms with van der Waals surface area (Å²) in [7, 11) is 0. The van der Waals surface area contributed by atoms with Gasteiger partial charge in [0.25, 0.3) is 0 Å². The van der Waals surface area contributed by atoms with E-state index in [0.29, 0.717) is 5.76 Å². The van der Waals surface area contributed by atoms with Crippen molar-refractivity contribution < 1.29 is 19.7 Å². The van der Waals surface area contributed by atoms with E-state index in [1.807, 2.05) is 62.4 Å². The minimum absolute atomic E-state index is 0.140. The first kappa shape index (κ1) is 16.1. The van der Waals surface area contributed by atoms with Crippen molar-refractivity contribution in [2.24, 2.45) is 0 Å². The molecule has 1 aliphatic rings. The summed E-state index contributed by atoms with van der Waals surface area (Å²) in [5, 5.41) is 18.9. The number of phenolic OH excluding ortho intramolecular Hbond substituents is 2. The van der Waals surface area contributed by atoms with E-state index in [1.165, 1.54) is 12.1 Å². The third kappa shape index (κ3) is 3.78. The summed E-state index contributed by atoms with van der Waals surface area (Å²) in [4.78, 5) is 0. The van der Waals surface area contributed by atoms with Gasteiger partial charge in [0.2, 0.25) is 5.79 Å². The van der Waals surface area contributed by atoms with Gasteiger partial charge < -0.3 is 19.7 Å². The Balaban J connectivity index is 1.86. The molecule has 2 aromatic carbocycles. The molecular weight excluding hydrogens is 304 g/mol. The van der Waals surface area contributed by atoms with Crippen molar-refractivity contribution in [1.82, 2.24) is 0 Å². The van der Waals surface area contributed by atoms with Gasteiger partial charge >= 0.3 is 0 Å². The lowest BCUT2D eigenvalue weighted by Gasteiger charge is -2.35. The molecule has 1 heterocycles. The average molecular weight is 324 g/mol. The lowest BCUT2D eigenvalue weighted by molar-refractivity contribution is -0.221. The normalized spacial score (nSPS) is 19.8. The minimum Gasteiger partial charge on any atom is -0.504 e. The summed E-state index contributed by atoms with van der Waals surface area (Å²) in [6.07, 6.45) is 5.36. The summed E-state index contributed by atoms with van der Waals surface area (Å²) in [6, 6.07) is 14.6. The Morgan fingerprint density at radius 1 is 0.958 bits per heavy atom. The van der Waals surface area contributed by atoms with Gasteiger partial charge in [-0.25, -0.2) is 0 Å². The Hall–Kier alpha value is -2.72. The van der Waals surface area contributed by atoms with Crippen LogP contribution in [0.4, 0.5) is 0 Å². The van der Waals surface area contributed by atoms with Crippen molar-refractivity contribution in [1.29, 1.82) is 0 Å². The smallest absolute Gasteiger partial charge is 0.205 e. The third-order valence-electron chi connectivity index (χ3n) is 3.66. The lowest BCUT2D eigenvalue weighted by Crippen LogP contribution is -2.33. The van der Waals surface area contributed by atoms with Crippen LogP contribution < -0.4 is 0 Å². The fourth-order valence-electron chi connectivity index (χ4n) is 2.55. The highest BCUT2D eigenvalue weighted by Crippen LogP contribution is 2.34. The van der Waals surface area contributed by atoms with Crippen LogP contribution in [0.3, 0.4) is 0 Å². The summed E-state index contributed by atoms with van der Waals surface area (Å²) in [6.45, 7) is 3.74. The number of aromatic hydroxyl groups is 2. The molecule has 0 aliphatic carbocycles. The zero-order chi connectivity index (χ0) is 17.2. The van der Waals surface area contributed by atoms with E-state index < -0.39 is 5.79 Å². The molecule has 1 aliphatic heterocycles. The molecular formula is C20H20O4. The largest absolute Gasteiger partial charge is 0.504 e. The van der Waals surface area contributed by atoms with Gasteiger partial charge in [-0.05, 0) is 35.4 Å². The maximum atomic E-state index is 9.56. The van der Waals surface area contributed by atoms with Crippen LogP contribution in [-0.4, -0.2) is 16.0 Å². The van der Waals surface area contributed by atoms with Crippen LogP contribution >= 0.6 is 0 Å². The quantitative estimate of drug-likeness (QED) is 0.815. The highest BCUT2D eigenvalue weighted by Gasteiger charge is 2.30. The number of hydrogen-bond acceptors (Lipinski definition) is 4. The Bertz CT molecular complexity index is 775. The fraction of sp³-hybridized carbons (Fsp3) is 0.200. The Labute approximate surface area is 141 Å². The number of benzene rings is 2. The van der Waals surface area contributed by atoms with Gasteiger partial charge in [0.1, 0.15) is 11.9 Å². The van der Waals surface area contributed by atoms with Crippen molar-refractivity contribution in [2.75, 3.05) is 0 Å². The molecule has 0 saturated carbocycles. The maximum Gasteiger partial charge on any atom is 0.205 e. The van der Waals surface area contributed by atoms with Crippen LogP contribution in [0.1, 0.15) is 31.1 Å². The van der Waals surface area contributed by atoms with E-state index in [1.54, 1.807) is 6.07 Å². The molecule has 24 heavy (non-hydrogen) atoms. The molecule has 0 amide bonds. The SMILES string of the molecule is CC1(C)OC(C=Cc2ccc(O)c(O)c2)=CC(c2ccccc2)O1. The van der Waals surface area contributed by atoms with E-state index in [0.717, 1.165) is 11.1 Å². The average Bonchev–Trinajstić information content (AvgIpc) is 2.55. The van der Waals surface area contributed by atoms with Crippen LogP contribution in [0.25, 0.3) is 6.08 Å². The van der Waals surface area contributed by atoms with Crippen molar-refractivity contribution in [2.45, 2.75) is 25.7 Å². The minimum atomic E-state index is -0.744. The van der Waals surface area contributed by atoms with E-state index >= 15 is 0 Å². The molecule has 0 bridgehead atoms. The molecule has 2 aromatic rings. The first-order valence-electron chi connectivity index (χ1n) is 7.77. The van der Waals surface area contributed by atoms with E-state index in [4.69, 9.17) is 9.47 Å². The number of allylic oxidation sites excluding steroid dienone is 1. The topological polar surface area (TPSA) is 58.9 Å². The number of phenols is 2. The second-order valence-electron chi connectivity index (χ2n) is 6.10. The number of hydrogen-bond donors (Lipinski definition) is 2. The molecule has 1 atom stereocenters. The van der Waals surface area contributed by atoms with E-state index in [2.05, 4.69) is 0 Å². The second kappa shape index (κ2) is 6.42. The molecule has 0 aromatic heterocycles. The highest BCUT2D eigenvalue weighted by atomic mass is 16.7. The van der Waals surface area contributed by atoms with Gasteiger partial charge in [0, 0.05) is 13.8 Å². The molecule has 0 radical (unpaired) electrons. The molecule has 4 nitrogen and oxygen atoms in total. The van der Waals surface area contributed by atoms with Crippen LogP contribution in [0.2, 0.25) is 0 Å². The zero-order valence-electron chi connectivity index (χ0n) is 13.6. The number of ether oxygens (including phenoxy) is 2. The van der Waals surface area contributed by atoms with E-state index in [9.17, 15) is 10.2 Å². The summed E-state index contributed by atoms with van der Waals surface area (Å²) in [5.74, 6) is -0.348. The predicted octanol–water partition coefficient (Wildman–Crippen LogP) is 4.52. The molecule has 1 unspecified atom stereocenters. The molecule has 4 heteroatoms. The summed E-state index contributed by atoms with van der Waals surface area (Å²) < 4.78 is 11.8. The van der Waals surface area contributed by atoms with Crippen molar-refractivity contribution >= 4 is 6.08 Å². The second-order valence-corrected chi connectivity index (χ2v) is 6.10. The standard InChI is InChI=1S/C20H20O4/c1-20(2)23-16(10-8-14-9-11-17(21)18(22)12-14)13-19(24-20)15-6-4-3-5-7-15/h3-13,19,21-22H,1-2H3. The molecule has 0 saturated heterocycles. The molecule has 124 valence electrons. The summed E-state index contributed by atoms with van der Waals surface area (Å²) >= 11 is 0. The first-order valence-corrected chi connectivity index (χ1v) is 7.77. The van der Waals surface area contributed by atoms with Gasteiger partial charge in [-0.1, -0.05) is 42.5 Å². The molecule has 3 rings (SSSR count). The maximum absolute atomic E-state index is 9.56.